The van der Waals surface area contributed by atoms with Gasteiger partial charge in [-0.3, -0.25) is 9.59 Å². The molecule has 0 N–H and O–H groups in total. The lowest BCUT2D eigenvalue weighted by molar-refractivity contribution is -0.140. The van der Waals surface area contributed by atoms with Crippen LogP contribution in [0.2, 0.25) is 0 Å². The smallest absolute Gasteiger partial charge is 0.305 e. The maximum atomic E-state index is 12.2. The monoisotopic (exact) mass is 264 g/mol. The van der Waals surface area contributed by atoms with Gasteiger partial charge in [0, 0.05) is 12.0 Å². The zero-order chi connectivity index (χ0) is 14.6. The third kappa shape index (κ3) is 3.34. The van der Waals surface area contributed by atoms with Crippen molar-refractivity contribution in [1.82, 2.24) is 0 Å². The molecule has 0 saturated heterocycles. The largest absolute Gasteiger partial charge is 0.496 e. The molecule has 4 nitrogen and oxygen atoms in total. The van der Waals surface area contributed by atoms with E-state index in [0.29, 0.717) is 5.56 Å². The van der Waals surface area contributed by atoms with Gasteiger partial charge in [0.25, 0.3) is 0 Å². The minimum atomic E-state index is -0.367. The number of esters is 1. The molecule has 0 aliphatic rings. The predicted molar refractivity (Wildman–Crippen MR) is 72.8 cm³/mol. The van der Waals surface area contributed by atoms with E-state index in [1.807, 2.05) is 26.8 Å². The molecule has 0 bridgehead atoms. The Morgan fingerprint density at radius 1 is 1.05 bits per heavy atom. The van der Waals surface area contributed by atoms with Crippen LogP contribution in [0.25, 0.3) is 0 Å². The van der Waals surface area contributed by atoms with Crippen LogP contribution in [0.1, 0.15) is 39.9 Å². The molecule has 0 fully saturated rings. The second kappa shape index (κ2) is 6.36. The number of ether oxygens (including phenoxy) is 2. The molecular formula is C15H20O4. The first-order valence-electron chi connectivity index (χ1n) is 6.17. The van der Waals surface area contributed by atoms with Gasteiger partial charge in [-0.2, -0.15) is 0 Å². The number of ketones is 1. The van der Waals surface area contributed by atoms with Crippen molar-refractivity contribution in [3.8, 4) is 5.75 Å². The van der Waals surface area contributed by atoms with Crippen molar-refractivity contribution >= 4 is 11.8 Å². The van der Waals surface area contributed by atoms with Crippen LogP contribution in [0.4, 0.5) is 0 Å². The van der Waals surface area contributed by atoms with E-state index in [-0.39, 0.29) is 24.6 Å². The van der Waals surface area contributed by atoms with Crippen molar-refractivity contribution in [2.45, 2.75) is 33.6 Å². The van der Waals surface area contributed by atoms with Crippen molar-refractivity contribution < 1.29 is 19.1 Å². The lowest BCUT2D eigenvalue weighted by Crippen LogP contribution is -2.10. The topological polar surface area (TPSA) is 52.6 Å². The van der Waals surface area contributed by atoms with Crippen LogP contribution in [0.15, 0.2) is 6.07 Å². The highest BCUT2D eigenvalue weighted by molar-refractivity contribution is 6.00. The van der Waals surface area contributed by atoms with Crippen LogP contribution in [-0.2, 0) is 9.53 Å². The second-order valence-corrected chi connectivity index (χ2v) is 4.52. The molecule has 1 aromatic rings. The van der Waals surface area contributed by atoms with Crippen LogP contribution in [0.5, 0.6) is 5.75 Å². The van der Waals surface area contributed by atoms with E-state index in [1.54, 1.807) is 7.11 Å². The van der Waals surface area contributed by atoms with Gasteiger partial charge >= 0.3 is 5.97 Å². The summed E-state index contributed by atoms with van der Waals surface area (Å²) < 4.78 is 9.82. The number of aryl methyl sites for hydroxylation is 1. The lowest BCUT2D eigenvalue weighted by Gasteiger charge is -2.15. The highest BCUT2D eigenvalue weighted by Crippen LogP contribution is 2.28. The Morgan fingerprint density at radius 2 is 1.68 bits per heavy atom. The molecular weight excluding hydrogens is 244 g/mol. The Hall–Kier alpha value is -1.84. The quantitative estimate of drug-likeness (QED) is 0.606. The van der Waals surface area contributed by atoms with Crippen molar-refractivity contribution in [3.05, 3.63) is 28.3 Å². The Labute approximate surface area is 113 Å². The van der Waals surface area contributed by atoms with Gasteiger partial charge in [0.15, 0.2) is 5.78 Å². The average molecular weight is 264 g/mol. The molecule has 1 rings (SSSR count). The number of hydrogen-bond acceptors (Lipinski definition) is 4. The first-order chi connectivity index (χ1) is 8.92. The fourth-order valence-corrected chi connectivity index (χ4v) is 2.13. The maximum absolute atomic E-state index is 12.2. The van der Waals surface area contributed by atoms with E-state index in [9.17, 15) is 9.59 Å². The summed E-state index contributed by atoms with van der Waals surface area (Å²) in [6.07, 6.45) is 0.277. The molecule has 1 aromatic carbocycles. The van der Waals surface area contributed by atoms with E-state index >= 15 is 0 Å². The number of benzene rings is 1. The molecule has 4 heteroatoms. The van der Waals surface area contributed by atoms with Crippen molar-refractivity contribution in [2.24, 2.45) is 0 Å². The molecule has 0 aliphatic carbocycles. The Balaban J connectivity index is 3.04. The molecule has 0 amide bonds. The predicted octanol–water partition coefficient (Wildman–Crippen LogP) is 2.76. The molecule has 0 atom stereocenters. The Kier molecular flexibility index (Phi) is 5.10. The lowest BCUT2D eigenvalue weighted by atomic mass is 9.93. The third-order valence-electron chi connectivity index (χ3n) is 3.33. The number of Topliss-reactive ketones (excluding diaryl/α,β-unsaturated/α-hetero) is 1. The van der Waals surface area contributed by atoms with Gasteiger partial charge in [-0.1, -0.05) is 0 Å². The number of rotatable bonds is 5. The molecule has 104 valence electrons. The van der Waals surface area contributed by atoms with E-state index in [1.165, 1.54) is 7.11 Å². The first kappa shape index (κ1) is 15.2. The summed E-state index contributed by atoms with van der Waals surface area (Å²) in [6, 6.07) is 1.85. The van der Waals surface area contributed by atoms with E-state index in [0.717, 1.165) is 22.4 Å². The number of carbonyl (C=O) groups is 2. The van der Waals surface area contributed by atoms with Crippen LogP contribution in [0.3, 0.4) is 0 Å². The zero-order valence-corrected chi connectivity index (χ0v) is 12.1. The molecule has 0 heterocycles. The molecule has 0 unspecified atom stereocenters. The van der Waals surface area contributed by atoms with Crippen LogP contribution in [-0.4, -0.2) is 26.0 Å². The summed E-state index contributed by atoms with van der Waals surface area (Å²) in [5, 5.41) is 0. The van der Waals surface area contributed by atoms with Crippen LogP contribution in [0, 0.1) is 20.8 Å². The van der Waals surface area contributed by atoms with E-state index < -0.39 is 0 Å². The zero-order valence-electron chi connectivity index (χ0n) is 12.1. The standard InChI is InChI=1S/C15H20O4/c1-9-8-13(18-4)10(2)11(3)15(9)12(16)6-7-14(17)19-5/h8H,6-7H2,1-5H3. The summed E-state index contributed by atoms with van der Waals surface area (Å²) in [5.41, 5.74) is 3.42. The minimum Gasteiger partial charge on any atom is -0.496 e. The van der Waals surface area contributed by atoms with Gasteiger partial charge in [-0.05, 0) is 43.5 Å². The van der Waals surface area contributed by atoms with E-state index in [4.69, 9.17) is 4.74 Å². The normalized spacial score (nSPS) is 10.2. The fourth-order valence-electron chi connectivity index (χ4n) is 2.13. The molecule has 0 spiro atoms. The summed E-state index contributed by atoms with van der Waals surface area (Å²) in [4.78, 5) is 23.3. The van der Waals surface area contributed by atoms with Crippen molar-refractivity contribution in [2.75, 3.05) is 14.2 Å². The summed E-state index contributed by atoms with van der Waals surface area (Å²) >= 11 is 0. The summed E-state index contributed by atoms with van der Waals surface area (Å²) in [5.74, 6) is 0.375. The number of methoxy groups -OCH3 is 2. The SMILES string of the molecule is COC(=O)CCC(=O)c1c(C)cc(OC)c(C)c1C. The highest BCUT2D eigenvalue weighted by Gasteiger charge is 2.17. The number of carbonyl (C=O) groups excluding carboxylic acids is 2. The van der Waals surface area contributed by atoms with Gasteiger partial charge in [-0.15, -0.1) is 0 Å². The van der Waals surface area contributed by atoms with E-state index in [2.05, 4.69) is 4.74 Å². The average Bonchev–Trinajstić information content (AvgIpc) is 2.40. The van der Waals surface area contributed by atoms with Gasteiger partial charge < -0.3 is 9.47 Å². The van der Waals surface area contributed by atoms with Gasteiger partial charge in [0.1, 0.15) is 5.75 Å². The summed E-state index contributed by atoms with van der Waals surface area (Å²) in [7, 11) is 2.93. The fraction of sp³-hybridized carbons (Fsp3) is 0.467. The Morgan fingerprint density at radius 3 is 2.21 bits per heavy atom. The van der Waals surface area contributed by atoms with Crippen LogP contribution < -0.4 is 4.74 Å². The molecule has 0 saturated carbocycles. The maximum Gasteiger partial charge on any atom is 0.305 e. The van der Waals surface area contributed by atoms with Crippen molar-refractivity contribution in [1.29, 1.82) is 0 Å². The van der Waals surface area contributed by atoms with Gasteiger partial charge in [0.2, 0.25) is 0 Å². The molecule has 0 radical (unpaired) electrons. The second-order valence-electron chi connectivity index (χ2n) is 4.52. The molecule has 19 heavy (non-hydrogen) atoms. The molecule has 0 aromatic heterocycles. The molecule has 0 aliphatic heterocycles. The Bertz CT molecular complexity index is 503. The third-order valence-corrected chi connectivity index (χ3v) is 3.33. The van der Waals surface area contributed by atoms with Crippen molar-refractivity contribution in [3.63, 3.8) is 0 Å². The van der Waals surface area contributed by atoms with Gasteiger partial charge in [0.05, 0.1) is 20.6 Å². The first-order valence-corrected chi connectivity index (χ1v) is 6.17. The minimum absolute atomic E-state index is 0.0360. The van der Waals surface area contributed by atoms with Crippen LogP contribution >= 0.6 is 0 Å². The van der Waals surface area contributed by atoms with Gasteiger partial charge in [-0.25, -0.2) is 0 Å². The summed E-state index contributed by atoms with van der Waals surface area (Å²) in [6.45, 7) is 5.70. The highest BCUT2D eigenvalue weighted by atomic mass is 16.5. The number of hydrogen-bond donors (Lipinski definition) is 0.